The van der Waals surface area contributed by atoms with Crippen molar-refractivity contribution >= 4 is 52.9 Å². The molecule has 142 valence electrons. The van der Waals surface area contributed by atoms with E-state index >= 15 is 0 Å². The fourth-order valence-corrected chi connectivity index (χ4v) is 3.78. The van der Waals surface area contributed by atoms with Crippen molar-refractivity contribution in [1.29, 1.82) is 0 Å². The first-order chi connectivity index (χ1) is 12.9. The number of hydrogen-bond donors (Lipinski definition) is 2. The van der Waals surface area contributed by atoms with Gasteiger partial charge >= 0.3 is 0 Å². The van der Waals surface area contributed by atoms with E-state index in [1.807, 2.05) is 31.2 Å². The van der Waals surface area contributed by atoms with Crippen LogP contribution in [0, 0.1) is 6.92 Å². The fraction of sp³-hybridized carbons (Fsp3) is 0.211. The normalized spacial score (nSPS) is 17.9. The standard InChI is InChI=1S/C19H21Cl2N5S/c1-4-15(6-7-23-5-2)27-17-10-13(20)9-14(11-16(17)21)25-18-8-12(3)24-19(22)26-18/h5-11,13H,2,4H2,1,3H3,(H3,22,24,25,26)/b15-6+,23-7?. The maximum atomic E-state index is 6.54. The lowest BCUT2D eigenvalue weighted by atomic mass is 10.3. The first-order valence-corrected chi connectivity index (χ1v) is 9.89. The van der Waals surface area contributed by atoms with Crippen LogP contribution in [0.25, 0.3) is 0 Å². The van der Waals surface area contributed by atoms with Gasteiger partial charge in [0.1, 0.15) is 5.82 Å². The molecular weight excluding hydrogens is 401 g/mol. The van der Waals surface area contributed by atoms with Crippen LogP contribution in [0.15, 0.2) is 68.7 Å². The van der Waals surface area contributed by atoms with Gasteiger partial charge < -0.3 is 11.1 Å². The highest BCUT2D eigenvalue weighted by molar-refractivity contribution is 8.07. The Morgan fingerprint density at radius 2 is 2.22 bits per heavy atom. The fourth-order valence-electron chi connectivity index (χ4n) is 2.22. The van der Waals surface area contributed by atoms with Crippen molar-refractivity contribution in [3.63, 3.8) is 0 Å². The van der Waals surface area contributed by atoms with Crippen LogP contribution in [-0.4, -0.2) is 21.6 Å². The van der Waals surface area contributed by atoms with Crippen LogP contribution in [-0.2, 0) is 0 Å². The molecule has 0 saturated carbocycles. The van der Waals surface area contributed by atoms with Crippen molar-refractivity contribution in [3.8, 4) is 0 Å². The van der Waals surface area contributed by atoms with Crippen LogP contribution >= 0.6 is 35.0 Å². The van der Waals surface area contributed by atoms with Gasteiger partial charge in [-0.1, -0.05) is 36.9 Å². The first-order valence-electron chi connectivity index (χ1n) is 8.25. The third-order valence-corrected chi connectivity index (χ3v) is 5.29. The molecule has 27 heavy (non-hydrogen) atoms. The van der Waals surface area contributed by atoms with Gasteiger partial charge in [-0.3, -0.25) is 4.99 Å². The van der Waals surface area contributed by atoms with Gasteiger partial charge in [-0.05, 0) is 42.6 Å². The van der Waals surface area contributed by atoms with Crippen LogP contribution in [0.2, 0.25) is 0 Å². The number of allylic oxidation sites excluding steroid dienone is 6. The van der Waals surface area contributed by atoms with Crippen LogP contribution in [0.3, 0.4) is 0 Å². The molecule has 1 unspecified atom stereocenters. The number of nitrogens with one attached hydrogen (secondary N) is 1. The summed E-state index contributed by atoms with van der Waals surface area (Å²) in [7, 11) is 0. The second-order valence-electron chi connectivity index (χ2n) is 5.54. The topological polar surface area (TPSA) is 76.2 Å². The summed E-state index contributed by atoms with van der Waals surface area (Å²) < 4.78 is 0. The van der Waals surface area contributed by atoms with Gasteiger partial charge in [-0.2, -0.15) is 4.98 Å². The number of hydrogen-bond acceptors (Lipinski definition) is 6. The Morgan fingerprint density at radius 1 is 1.44 bits per heavy atom. The predicted molar refractivity (Wildman–Crippen MR) is 119 cm³/mol. The number of aryl methyl sites for hydroxylation is 1. The summed E-state index contributed by atoms with van der Waals surface area (Å²) >= 11 is 14.5. The van der Waals surface area contributed by atoms with E-state index < -0.39 is 0 Å². The Bertz CT molecular complexity index is 835. The summed E-state index contributed by atoms with van der Waals surface area (Å²) in [5.41, 5.74) is 7.21. The first kappa shape index (κ1) is 21.3. The molecule has 0 aromatic carbocycles. The molecule has 2 rings (SSSR count). The highest BCUT2D eigenvalue weighted by Crippen LogP contribution is 2.37. The lowest BCUT2D eigenvalue weighted by molar-refractivity contribution is 1.11. The predicted octanol–water partition coefficient (Wildman–Crippen LogP) is 5.53. The van der Waals surface area contributed by atoms with Crippen molar-refractivity contribution in [1.82, 2.24) is 9.97 Å². The smallest absolute Gasteiger partial charge is 0.222 e. The number of nitrogen functional groups attached to an aromatic ring is 1. The van der Waals surface area contributed by atoms with Gasteiger partial charge in [-0.25, -0.2) is 4.98 Å². The zero-order chi connectivity index (χ0) is 19.8. The number of anilines is 2. The number of halogens is 2. The molecular formula is C19H21Cl2N5S. The van der Waals surface area contributed by atoms with Crippen molar-refractivity contribution < 1.29 is 0 Å². The molecule has 1 heterocycles. The van der Waals surface area contributed by atoms with Gasteiger partial charge in [0.15, 0.2) is 0 Å². The Kier molecular flexibility index (Phi) is 8.16. The van der Waals surface area contributed by atoms with Crippen LogP contribution < -0.4 is 11.1 Å². The zero-order valence-corrected chi connectivity index (χ0v) is 17.4. The van der Waals surface area contributed by atoms with E-state index in [0.29, 0.717) is 10.9 Å². The van der Waals surface area contributed by atoms with Gasteiger partial charge in [0.05, 0.1) is 10.4 Å². The highest BCUT2D eigenvalue weighted by Gasteiger charge is 2.14. The molecule has 0 saturated heterocycles. The molecule has 0 aliphatic heterocycles. The van der Waals surface area contributed by atoms with Gasteiger partial charge in [0, 0.05) is 34.8 Å². The van der Waals surface area contributed by atoms with E-state index in [1.54, 1.807) is 24.0 Å². The zero-order valence-electron chi connectivity index (χ0n) is 15.1. The minimum Gasteiger partial charge on any atom is -0.368 e. The molecule has 0 amide bonds. The van der Waals surface area contributed by atoms with Crippen LogP contribution in [0.4, 0.5) is 11.8 Å². The number of nitrogens with zero attached hydrogens (tertiary/aromatic N) is 3. The molecule has 5 nitrogen and oxygen atoms in total. The summed E-state index contributed by atoms with van der Waals surface area (Å²) in [6.07, 6.45) is 11.6. The molecule has 1 aliphatic carbocycles. The number of rotatable bonds is 7. The molecule has 0 bridgehead atoms. The average Bonchev–Trinajstić information content (AvgIpc) is 2.71. The molecule has 1 aromatic rings. The number of alkyl halides is 1. The Morgan fingerprint density at radius 3 is 2.89 bits per heavy atom. The van der Waals surface area contributed by atoms with Crippen molar-refractivity contribution in [2.75, 3.05) is 11.1 Å². The largest absolute Gasteiger partial charge is 0.368 e. The third-order valence-electron chi connectivity index (χ3n) is 3.35. The summed E-state index contributed by atoms with van der Waals surface area (Å²) in [4.78, 5) is 14.2. The Balaban J connectivity index is 2.21. The van der Waals surface area contributed by atoms with Crippen LogP contribution in [0.5, 0.6) is 0 Å². The van der Waals surface area contributed by atoms with Gasteiger partial charge in [0.2, 0.25) is 5.95 Å². The van der Waals surface area contributed by atoms with Gasteiger partial charge in [0.25, 0.3) is 0 Å². The van der Waals surface area contributed by atoms with E-state index in [9.17, 15) is 0 Å². The molecule has 0 fully saturated rings. The van der Waals surface area contributed by atoms with E-state index in [2.05, 4.69) is 33.8 Å². The number of thioether (sulfide) groups is 1. The van der Waals surface area contributed by atoms with Gasteiger partial charge in [-0.15, -0.1) is 11.6 Å². The molecule has 0 radical (unpaired) electrons. The van der Waals surface area contributed by atoms with Crippen molar-refractivity contribution in [2.24, 2.45) is 4.99 Å². The highest BCUT2D eigenvalue weighted by atomic mass is 35.5. The molecule has 1 aliphatic rings. The molecule has 8 heteroatoms. The average molecular weight is 422 g/mol. The van der Waals surface area contributed by atoms with E-state index in [4.69, 9.17) is 28.9 Å². The molecule has 1 atom stereocenters. The minimum absolute atomic E-state index is 0.206. The second kappa shape index (κ2) is 10.3. The SMILES string of the molecule is C=CN=C/C=C(\CC)SC1=CC(Cl)C=C(Nc2cc(C)nc(N)n2)C=C1Cl. The minimum atomic E-state index is -0.331. The summed E-state index contributed by atoms with van der Waals surface area (Å²) in [6, 6.07) is 1.80. The monoisotopic (exact) mass is 421 g/mol. The van der Waals surface area contributed by atoms with E-state index in [0.717, 1.165) is 27.6 Å². The number of aromatic nitrogens is 2. The summed E-state index contributed by atoms with van der Waals surface area (Å²) in [5.74, 6) is 0.791. The number of aliphatic imine (C=N–C) groups is 1. The molecule has 1 aromatic heterocycles. The number of nitrogens with two attached hydrogens (primary N) is 1. The molecule has 3 N–H and O–H groups in total. The van der Waals surface area contributed by atoms with E-state index in [1.165, 1.54) is 6.20 Å². The summed E-state index contributed by atoms with van der Waals surface area (Å²) in [6.45, 7) is 7.48. The second-order valence-corrected chi connectivity index (χ2v) is 7.62. The summed E-state index contributed by atoms with van der Waals surface area (Å²) in [5, 5.41) is 3.44. The van der Waals surface area contributed by atoms with Crippen LogP contribution in [0.1, 0.15) is 19.0 Å². The van der Waals surface area contributed by atoms with E-state index in [-0.39, 0.29) is 11.3 Å². The van der Waals surface area contributed by atoms with Crippen molar-refractivity contribution in [2.45, 2.75) is 25.6 Å². The van der Waals surface area contributed by atoms with Crippen molar-refractivity contribution in [3.05, 3.63) is 69.4 Å². The Labute approximate surface area is 173 Å². The maximum absolute atomic E-state index is 6.54. The molecule has 0 spiro atoms. The lowest BCUT2D eigenvalue weighted by Crippen LogP contribution is -2.05. The Hall–Kier alpha value is -2.02. The maximum Gasteiger partial charge on any atom is 0.222 e. The third kappa shape index (κ3) is 6.90. The quantitative estimate of drug-likeness (QED) is 0.446. The lowest BCUT2D eigenvalue weighted by Gasteiger charge is -2.09.